The highest BCUT2D eigenvalue weighted by Crippen LogP contribution is 2.27. The number of benzene rings is 1. The van der Waals surface area contributed by atoms with Crippen molar-refractivity contribution in [1.82, 2.24) is 5.32 Å². The lowest BCUT2D eigenvalue weighted by atomic mass is 10.3. The van der Waals surface area contributed by atoms with Crippen LogP contribution in [0.1, 0.15) is 12.8 Å². The maximum absolute atomic E-state index is 12.0. The molecular formula is C11H14BrClN2O2S. The molecule has 1 atom stereocenters. The van der Waals surface area contributed by atoms with Crippen LogP contribution < -0.4 is 10.0 Å². The summed E-state index contributed by atoms with van der Waals surface area (Å²) in [7, 11) is -3.36. The fourth-order valence-corrected chi connectivity index (χ4v) is 4.00. The van der Waals surface area contributed by atoms with Crippen molar-refractivity contribution < 1.29 is 8.42 Å². The number of anilines is 1. The van der Waals surface area contributed by atoms with E-state index in [-0.39, 0.29) is 11.8 Å². The van der Waals surface area contributed by atoms with Crippen LogP contribution in [-0.2, 0) is 10.0 Å². The first-order valence-corrected chi connectivity index (χ1v) is 8.47. The molecule has 1 aromatic rings. The number of hydrogen-bond donors (Lipinski definition) is 2. The second kappa shape index (κ2) is 5.77. The first kappa shape index (κ1) is 14.1. The van der Waals surface area contributed by atoms with E-state index in [0.717, 1.165) is 19.4 Å². The molecule has 0 saturated carbocycles. The fraction of sp³-hybridized carbons (Fsp3) is 0.455. The Hall–Kier alpha value is -0.300. The fourth-order valence-electron chi connectivity index (χ4n) is 1.95. The van der Waals surface area contributed by atoms with E-state index in [4.69, 9.17) is 11.6 Å². The molecule has 18 heavy (non-hydrogen) atoms. The number of hydrogen-bond acceptors (Lipinski definition) is 3. The first-order valence-electron chi connectivity index (χ1n) is 5.65. The Morgan fingerprint density at radius 1 is 1.50 bits per heavy atom. The minimum absolute atomic E-state index is 0.0421. The Kier molecular flexibility index (Phi) is 4.53. The molecule has 1 aliphatic heterocycles. The number of halogens is 2. The second-order valence-electron chi connectivity index (χ2n) is 4.30. The third-order valence-corrected chi connectivity index (χ3v) is 5.08. The molecule has 1 aromatic carbocycles. The summed E-state index contributed by atoms with van der Waals surface area (Å²) < 4.78 is 27.2. The molecule has 2 N–H and O–H groups in total. The van der Waals surface area contributed by atoms with Gasteiger partial charge in [-0.3, -0.25) is 4.72 Å². The molecule has 0 aromatic heterocycles. The summed E-state index contributed by atoms with van der Waals surface area (Å²) >= 11 is 9.14. The van der Waals surface area contributed by atoms with Crippen LogP contribution in [0.25, 0.3) is 0 Å². The molecule has 0 radical (unpaired) electrons. The van der Waals surface area contributed by atoms with E-state index in [9.17, 15) is 8.42 Å². The summed E-state index contributed by atoms with van der Waals surface area (Å²) in [5, 5.41) is 3.66. The van der Waals surface area contributed by atoms with Gasteiger partial charge in [-0.25, -0.2) is 8.42 Å². The predicted molar refractivity (Wildman–Crippen MR) is 77.6 cm³/mol. The van der Waals surface area contributed by atoms with Crippen molar-refractivity contribution in [3.63, 3.8) is 0 Å². The molecule has 1 unspecified atom stereocenters. The molecule has 1 aliphatic rings. The maximum atomic E-state index is 12.0. The lowest BCUT2D eigenvalue weighted by Crippen LogP contribution is -2.32. The SMILES string of the molecule is O=S(=O)(CC1CCCN1)Nc1cc(Cl)ccc1Br. The molecule has 1 fully saturated rings. The summed E-state index contributed by atoms with van der Waals surface area (Å²) in [4.78, 5) is 0. The molecule has 0 spiro atoms. The average Bonchev–Trinajstić information content (AvgIpc) is 2.75. The molecule has 100 valence electrons. The van der Waals surface area contributed by atoms with Gasteiger partial charge in [0.25, 0.3) is 0 Å². The van der Waals surface area contributed by atoms with Crippen LogP contribution in [0.15, 0.2) is 22.7 Å². The van der Waals surface area contributed by atoms with Gasteiger partial charge in [0.1, 0.15) is 0 Å². The molecule has 1 saturated heterocycles. The molecule has 0 aliphatic carbocycles. The number of rotatable bonds is 4. The Labute approximate surface area is 120 Å². The minimum atomic E-state index is -3.36. The van der Waals surface area contributed by atoms with E-state index < -0.39 is 10.0 Å². The Bertz CT molecular complexity index is 530. The summed E-state index contributed by atoms with van der Waals surface area (Å²) in [6, 6.07) is 5.04. The highest BCUT2D eigenvalue weighted by molar-refractivity contribution is 9.10. The molecule has 4 nitrogen and oxygen atoms in total. The average molecular weight is 354 g/mol. The van der Waals surface area contributed by atoms with Gasteiger partial charge in [-0.2, -0.15) is 0 Å². The van der Waals surface area contributed by atoms with Gasteiger partial charge >= 0.3 is 0 Å². The van der Waals surface area contributed by atoms with Crippen LogP contribution in [0.2, 0.25) is 5.02 Å². The monoisotopic (exact) mass is 352 g/mol. The Balaban J connectivity index is 2.09. The van der Waals surface area contributed by atoms with Gasteiger partial charge in [-0.15, -0.1) is 0 Å². The standard InChI is InChI=1S/C11H14BrClN2O2S/c12-10-4-3-8(13)6-11(10)15-18(16,17)7-9-2-1-5-14-9/h3-4,6,9,14-15H,1-2,5,7H2. The van der Waals surface area contributed by atoms with Crippen molar-refractivity contribution >= 4 is 43.2 Å². The topological polar surface area (TPSA) is 58.2 Å². The van der Waals surface area contributed by atoms with Crippen molar-refractivity contribution in [2.75, 3.05) is 17.0 Å². The zero-order valence-corrected chi connectivity index (χ0v) is 12.8. The summed E-state index contributed by atoms with van der Waals surface area (Å²) in [6.07, 6.45) is 1.93. The normalized spacial score (nSPS) is 20.0. The van der Waals surface area contributed by atoms with Crippen LogP contribution in [-0.4, -0.2) is 26.8 Å². The van der Waals surface area contributed by atoms with Gasteiger partial charge in [-0.05, 0) is 53.5 Å². The second-order valence-corrected chi connectivity index (χ2v) is 7.36. The maximum Gasteiger partial charge on any atom is 0.234 e. The zero-order chi connectivity index (χ0) is 13.2. The van der Waals surface area contributed by atoms with E-state index >= 15 is 0 Å². The summed E-state index contributed by atoms with van der Waals surface area (Å²) in [6.45, 7) is 0.890. The van der Waals surface area contributed by atoms with Gasteiger partial charge in [0.2, 0.25) is 10.0 Å². The Morgan fingerprint density at radius 2 is 2.28 bits per heavy atom. The van der Waals surface area contributed by atoms with Crippen LogP contribution >= 0.6 is 27.5 Å². The molecule has 7 heteroatoms. The van der Waals surface area contributed by atoms with E-state index in [1.165, 1.54) is 0 Å². The highest BCUT2D eigenvalue weighted by atomic mass is 79.9. The van der Waals surface area contributed by atoms with Crippen molar-refractivity contribution in [1.29, 1.82) is 0 Å². The van der Waals surface area contributed by atoms with Crippen LogP contribution in [0.5, 0.6) is 0 Å². The van der Waals surface area contributed by atoms with Gasteiger partial charge in [0.05, 0.1) is 11.4 Å². The van der Waals surface area contributed by atoms with Gasteiger partial charge in [-0.1, -0.05) is 11.6 Å². The van der Waals surface area contributed by atoms with Gasteiger partial charge < -0.3 is 5.32 Å². The van der Waals surface area contributed by atoms with Crippen molar-refractivity contribution in [2.24, 2.45) is 0 Å². The van der Waals surface area contributed by atoms with E-state index in [0.29, 0.717) is 15.2 Å². The Morgan fingerprint density at radius 3 is 2.94 bits per heavy atom. The lowest BCUT2D eigenvalue weighted by molar-refractivity contribution is 0.582. The smallest absolute Gasteiger partial charge is 0.234 e. The lowest BCUT2D eigenvalue weighted by Gasteiger charge is -2.13. The number of nitrogens with one attached hydrogen (secondary N) is 2. The van der Waals surface area contributed by atoms with Crippen LogP contribution in [0.3, 0.4) is 0 Å². The van der Waals surface area contributed by atoms with Crippen molar-refractivity contribution in [3.05, 3.63) is 27.7 Å². The predicted octanol–water partition coefficient (Wildman–Crippen LogP) is 2.60. The minimum Gasteiger partial charge on any atom is -0.313 e. The van der Waals surface area contributed by atoms with Gasteiger partial charge in [0, 0.05) is 15.5 Å². The summed E-state index contributed by atoms with van der Waals surface area (Å²) in [5.41, 5.74) is 0.473. The molecule has 0 bridgehead atoms. The first-order chi connectivity index (χ1) is 8.46. The van der Waals surface area contributed by atoms with E-state index in [2.05, 4.69) is 26.0 Å². The quantitative estimate of drug-likeness (QED) is 0.875. The molecule has 2 rings (SSSR count). The van der Waals surface area contributed by atoms with E-state index in [1.54, 1.807) is 18.2 Å². The number of sulfonamides is 1. The zero-order valence-electron chi connectivity index (χ0n) is 9.62. The largest absolute Gasteiger partial charge is 0.313 e. The third kappa shape index (κ3) is 3.85. The molecule has 1 heterocycles. The van der Waals surface area contributed by atoms with Crippen molar-refractivity contribution in [2.45, 2.75) is 18.9 Å². The van der Waals surface area contributed by atoms with Crippen LogP contribution in [0, 0.1) is 0 Å². The van der Waals surface area contributed by atoms with E-state index in [1.807, 2.05) is 0 Å². The molecular weight excluding hydrogens is 340 g/mol. The highest BCUT2D eigenvalue weighted by Gasteiger charge is 2.22. The summed E-state index contributed by atoms with van der Waals surface area (Å²) in [5.74, 6) is 0.0892. The van der Waals surface area contributed by atoms with Crippen LogP contribution in [0.4, 0.5) is 5.69 Å². The molecule has 0 amide bonds. The third-order valence-electron chi connectivity index (χ3n) is 2.78. The van der Waals surface area contributed by atoms with Gasteiger partial charge in [0.15, 0.2) is 0 Å². The van der Waals surface area contributed by atoms with Crippen molar-refractivity contribution in [3.8, 4) is 0 Å².